The van der Waals surface area contributed by atoms with E-state index in [0.29, 0.717) is 5.41 Å². The molecule has 8 saturated carbocycles. The van der Waals surface area contributed by atoms with Gasteiger partial charge in [0.1, 0.15) is 5.60 Å². The fourth-order valence-electron chi connectivity index (χ4n) is 9.31. The number of carbonyl (C=O) groups excluding carboxylic acids is 1. The second kappa shape index (κ2) is 5.39. The van der Waals surface area contributed by atoms with Crippen molar-refractivity contribution in [3.63, 3.8) is 0 Å². The van der Waals surface area contributed by atoms with Crippen LogP contribution >= 0.6 is 0 Å². The van der Waals surface area contributed by atoms with E-state index in [4.69, 9.17) is 4.74 Å². The minimum Gasteiger partial charge on any atom is -0.456 e. The molecule has 0 aliphatic heterocycles. The number of esters is 1. The Morgan fingerprint density at radius 3 is 1.54 bits per heavy atom. The molecule has 8 rings (SSSR count). The Kier molecular flexibility index (Phi) is 3.35. The van der Waals surface area contributed by atoms with Crippen LogP contribution < -0.4 is 0 Å². The average molecular weight is 355 g/mol. The second-order valence-corrected chi connectivity index (χ2v) is 11.6. The lowest BCUT2D eigenvalue weighted by molar-refractivity contribution is -0.182. The van der Waals surface area contributed by atoms with Crippen LogP contribution in [0.5, 0.6) is 0 Å². The number of ether oxygens (including phenoxy) is 1. The van der Waals surface area contributed by atoms with Gasteiger partial charge in [0.25, 0.3) is 0 Å². The third kappa shape index (κ3) is 2.53. The molecule has 0 radical (unpaired) electrons. The van der Waals surface area contributed by atoms with Crippen molar-refractivity contribution in [1.82, 2.24) is 0 Å². The minimum atomic E-state index is -0.0948. The lowest BCUT2D eigenvalue weighted by atomic mass is 9.49. The van der Waals surface area contributed by atoms with Crippen LogP contribution in [-0.4, -0.2) is 11.6 Å². The smallest absolute Gasteiger partial charge is 0.333 e. The molecule has 0 unspecified atom stereocenters. The van der Waals surface area contributed by atoms with E-state index in [1.807, 2.05) is 6.92 Å². The Bertz CT molecular complexity index is 587. The SMILES string of the molecule is CC(=CC12CC3CC(CC(C3)C1)C2)C(=O)OC12CC3CC(CC(C3)C1)C2. The van der Waals surface area contributed by atoms with Crippen LogP contribution in [0, 0.1) is 40.9 Å². The molecule has 0 aromatic carbocycles. The Balaban J connectivity index is 1.20. The number of rotatable bonds is 3. The quantitative estimate of drug-likeness (QED) is 0.483. The highest BCUT2D eigenvalue weighted by Crippen LogP contribution is 2.61. The van der Waals surface area contributed by atoms with Gasteiger partial charge >= 0.3 is 5.97 Å². The van der Waals surface area contributed by atoms with E-state index in [0.717, 1.165) is 60.3 Å². The molecule has 2 heteroatoms. The van der Waals surface area contributed by atoms with Crippen LogP contribution in [0.25, 0.3) is 0 Å². The molecule has 8 aliphatic rings. The van der Waals surface area contributed by atoms with E-state index < -0.39 is 0 Å². The first kappa shape index (κ1) is 16.2. The van der Waals surface area contributed by atoms with Crippen molar-refractivity contribution >= 4 is 5.97 Å². The van der Waals surface area contributed by atoms with Crippen LogP contribution in [0.1, 0.15) is 84.0 Å². The molecule has 0 heterocycles. The summed E-state index contributed by atoms with van der Waals surface area (Å²) in [5.74, 6) is 5.32. The molecule has 0 aromatic rings. The second-order valence-electron chi connectivity index (χ2n) is 11.6. The summed E-state index contributed by atoms with van der Waals surface area (Å²) in [6, 6.07) is 0. The Hall–Kier alpha value is -0.790. The predicted molar refractivity (Wildman–Crippen MR) is 101 cm³/mol. The lowest BCUT2D eigenvalue weighted by Crippen LogP contribution is -2.52. The van der Waals surface area contributed by atoms with E-state index in [-0.39, 0.29) is 11.6 Å². The van der Waals surface area contributed by atoms with Gasteiger partial charge in [-0.25, -0.2) is 4.79 Å². The first-order valence-corrected chi connectivity index (χ1v) is 11.4. The van der Waals surface area contributed by atoms with Crippen molar-refractivity contribution in [3.05, 3.63) is 11.6 Å². The maximum absolute atomic E-state index is 13.1. The summed E-state index contributed by atoms with van der Waals surface area (Å²) in [6.45, 7) is 2.04. The highest BCUT2D eigenvalue weighted by Gasteiger charge is 2.54. The highest BCUT2D eigenvalue weighted by molar-refractivity contribution is 5.88. The zero-order valence-corrected chi connectivity index (χ0v) is 16.3. The third-order valence-electron chi connectivity index (χ3n) is 9.22. The molecule has 8 bridgehead atoms. The highest BCUT2D eigenvalue weighted by atomic mass is 16.6. The van der Waals surface area contributed by atoms with Crippen molar-refractivity contribution in [2.24, 2.45) is 40.9 Å². The van der Waals surface area contributed by atoms with Crippen LogP contribution in [-0.2, 0) is 9.53 Å². The van der Waals surface area contributed by atoms with Gasteiger partial charge in [-0.3, -0.25) is 0 Å². The maximum Gasteiger partial charge on any atom is 0.333 e. The summed E-state index contributed by atoms with van der Waals surface area (Å²) in [6.07, 6.45) is 18.4. The normalized spacial score (nSPS) is 54.0. The molecule has 26 heavy (non-hydrogen) atoms. The van der Waals surface area contributed by atoms with Crippen LogP contribution in [0.2, 0.25) is 0 Å². The first-order valence-electron chi connectivity index (χ1n) is 11.4. The van der Waals surface area contributed by atoms with Crippen LogP contribution in [0.4, 0.5) is 0 Å². The van der Waals surface area contributed by atoms with Gasteiger partial charge in [-0.2, -0.15) is 0 Å². The number of hydrogen-bond donors (Lipinski definition) is 0. The molecule has 0 saturated heterocycles. The van der Waals surface area contributed by atoms with Crippen molar-refractivity contribution in [1.29, 1.82) is 0 Å². The zero-order valence-electron chi connectivity index (χ0n) is 16.3. The lowest BCUT2D eigenvalue weighted by Gasteiger charge is -2.56. The van der Waals surface area contributed by atoms with E-state index in [1.54, 1.807) is 0 Å². The van der Waals surface area contributed by atoms with E-state index in [9.17, 15) is 4.79 Å². The standard InChI is InChI=1S/C24H34O2/c1-15(8-23-9-16-2-17(10-23)4-18(3-16)11-23)22(25)26-24-12-19-5-20(13-24)7-21(6-19)14-24/h8,16-21H,2-7,9-14H2,1H3. The topological polar surface area (TPSA) is 26.3 Å². The molecule has 0 amide bonds. The predicted octanol–water partition coefficient (Wildman–Crippen LogP) is 5.66. The van der Waals surface area contributed by atoms with Gasteiger partial charge < -0.3 is 4.74 Å². The molecular weight excluding hydrogens is 320 g/mol. The van der Waals surface area contributed by atoms with Crippen molar-refractivity contribution in [2.75, 3.05) is 0 Å². The molecule has 2 nitrogen and oxygen atoms in total. The van der Waals surface area contributed by atoms with Gasteiger partial charge in [-0.05, 0) is 125 Å². The van der Waals surface area contributed by atoms with Crippen molar-refractivity contribution < 1.29 is 9.53 Å². The molecule has 142 valence electrons. The van der Waals surface area contributed by atoms with E-state index in [2.05, 4.69) is 6.08 Å². The van der Waals surface area contributed by atoms with E-state index in [1.165, 1.54) is 57.8 Å². The Morgan fingerprint density at radius 2 is 1.12 bits per heavy atom. The minimum absolute atomic E-state index is 0.0164. The average Bonchev–Trinajstić information content (AvgIpc) is 2.51. The Labute approximate surface area is 158 Å². The third-order valence-corrected chi connectivity index (χ3v) is 9.22. The van der Waals surface area contributed by atoms with Crippen molar-refractivity contribution in [3.8, 4) is 0 Å². The monoisotopic (exact) mass is 354 g/mol. The summed E-state index contributed by atoms with van der Waals surface area (Å²) in [5, 5.41) is 0. The largest absolute Gasteiger partial charge is 0.456 e. The molecule has 0 N–H and O–H groups in total. The van der Waals surface area contributed by atoms with Crippen LogP contribution in [0.3, 0.4) is 0 Å². The van der Waals surface area contributed by atoms with E-state index >= 15 is 0 Å². The van der Waals surface area contributed by atoms with Gasteiger partial charge in [0.05, 0.1) is 0 Å². The summed E-state index contributed by atoms with van der Waals surface area (Å²) < 4.78 is 6.32. The molecule has 0 spiro atoms. The van der Waals surface area contributed by atoms with Gasteiger partial charge in [-0.15, -0.1) is 0 Å². The van der Waals surface area contributed by atoms with Crippen LogP contribution in [0.15, 0.2) is 11.6 Å². The summed E-state index contributed by atoms with van der Waals surface area (Å²) in [7, 11) is 0. The van der Waals surface area contributed by atoms with Gasteiger partial charge in [0.15, 0.2) is 0 Å². The number of allylic oxidation sites excluding steroid dienone is 1. The maximum atomic E-state index is 13.1. The summed E-state index contributed by atoms with van der Waals surface area (Å²) in [5.41, 5.74) is 1.16. The number of carbonyl (C=O) groups is 1. The molecular formula is C24H34O2. The Morgan fingerprint density at radius 1 is 0.731 bits per heavy atom. The zero-order chi connectivity index (χ0) is 17.5. The molecule has 8 aliphatic carbocycles. The summed E-state index contributed by atoms with van der Waals surface area (Å²) in [4.78, 5) is 13.1. The molecule has 8 fully saturated rings. The van der Waals surface area contributed by atoms with Crippen molar-refractivity contribution in [2.45, 2.75) is 89.6 Å². The van der Waals surface area contributed by atoms with Gasteiger partial charge in [0, 0.05) is 5.57 Å². The van der Waals surface area contributed by atoms with Gasteiger partial charge in [-0.1, -0.05) is 6.08 Å². The van der Waals surface area contributed by atoms with Gasteiger partial charge in [0.2, 0.25) is 0 Å². The number of hydrogen-bond acceptors (Lipinski definition) is 2. The fourth-order valence-corrected chi connectivity index (χ4v) is 9.31. The molecule has 0 atom stereocenters. The summed E-state index contributed by atoms with van der Waals surface area (Å²) >= 11 is 0. The molecule has 0 aromatic heterocycles. The first-order chi connectivity index (χ1) is 12.5. The fraction of sp³-hybridized carbons (Fsp3) is 0.875.